The van der Waals surface area contributed by atoms with Crippen molar-refractivity contribution in [2.45, 2.75) is 36.4 Å². The first kappa shape index (κ1) is 15.4. The number of benzene rings is 1. The summed E-state index contributed by atoms with van der Waals surface area (Å²) >= 11 is 3.89. The Morgan fingerprint density at radius 3 is 2.76 bits per heavy atom. The molecule has 0 aromatic heterocycles. The zero-order chi connectivity index (χ0) is 14.7. The van der Waals surface area contributed by atoms with Crippen molar-refractivity contribution in [1.29, 1.82) is 0 Å². The number of aliphatic hydroxyl groups is 1. The van der Waals surface area contributed by atoms with Gasteiger partial charge in [0.15, 0.2) is 11.5 Å². The van der Waals surface area contributed by atoms with Crippen molar-refractivity contribution in [1.82, 2.24) is 0 Å². The molecule has 0 spiro atoms. The van der Waals surface area contributed by atoms with Gasteiger partial charge in [0.05, 0.1) is 19.3 Å². The third kappa shape index (κ3) is 3.46. The van der Waals surface area contributed by atoms with E-state index in [0.717, 1.165) is 35.7 Å². The Hall–Kier alpha value is -0.520. The molecule has 0 aliphatic carbocycles. The average Bonchev–Trinajstić information content (AvgIpc) is 2.78. The Kier molecular flexibility index (Phi) is 5.24. The summed E-state index contributed by atoms with van der Waals surface area (Å²) in [7, 11) is 0. The van der Waals surface area contributed by atoms with Crippen molar-refractivity contribution >= 4 is 23.5 Å². The smallest absolute Gasteiger partial charge is 0.161 e. The number of hydrogen-bond donors (Lipinski definition) is 1. The summed E-state index contributed by atoms with van der Waals surface area (Å²) < 4.78 is 11.4. The van der Waals surface area contributed by atoms with Crippen LogP contribution in [0.2, 0.25) is 0 Å². The van der Waals surface area contributed by atoms with Gasteiger partial charge in [-0.05, 0) is 24.1 Å². The van der Waals surface area contributed by atoms with Gasteiger partial charge in [-0.1, -0.05) is 13.0 Å². The minimum atomic E-state index is -0.440. The van der Waals surface area contributed by atoms with E-state index in [1.54, 1.807) is 0 Å². The molecule has 2 heterocycles. The van der Waals surface area contributed by atoms with Gasteiger partial charge in [-0.3, -0.25) is 0 Å². The van der Waals surface area contributed by atoms with Crippen molar-refractivity contribution in [2.24, 2.45) is 0 Å². The monoisotopic (exact) mass is 326 g/mol. The molecule has 2 aliphatic rings. The number of ether oxygens (including phenoxy) is 2. The predicted molar refractivity (Wildman–Crippen MR) is 89.8 cm³/mol. The van der Waals surface area contributed by atoms with E-state index in [0.29, 0.717) is 18.5 Å². The first-order valence-corrected chi connectivity index (χ1v) is 9.70. The molecule has 0 saturated carbocycles. The summed E-state index contributed by atoms with van der Waals surface area (Å²) in [5, 5.41) is 11.6. The van der Waals surface area contributed by atoms with E-state index in [9.17, 15) is 5.11 Å². The van der Waals surface area contributed by atoms with E-state index in [2.05, 4.69) is 6.92 Å². The van der Waals surface area contributed by atoms with Gasteiger partial charge in [0.25, 0.3) is 0 Å². The van der Waals surface area contributed by atoms with Gasteiger partial charge in [-0.15, -0.1) is 0 Å². The van der Waals surface area contributed by atoms with Crippen LogP contribution in [0, 0.1) is 0 Å². The summed E-state index contributed by atoms with van der Waals surface area (Å²) in [6.45, 7) is 3.58. The van der Waals surface area contributed by atoms with Crippen molar-refractivity contribution in [3.05, 3.63) is 23.8 Å². The van der Waals surface area contributed by atoms with Gasteiger partial charge in [0, 0.05) is 28.4 Å². The molecule has 1 saturated heterocycles. The lowest BCUT2D eigenvalue weighted by molar-refractivity contribution is 0.171. The Balaban J connectivity index is 1.80. The molecule has 3 atom stereocenters. The molecule has 21 heavy (non-hydrogen) atoms. The van der Waals surface area contributed by atoms with Gasteiger partial charge in [0.1, 0.15) is 0 Å². The maximum atomic E-state index is 10.8. The van der Waals surface area contributed by atoms with Gasteiger partial charge >= 0.3 is 0 Å². The van der Waals surface area contributed by atoms with Crippen molar-refractivity contribution in [2.75, 3.05) is 24.7 Å². The molecule has 3 unspecified atom stereocenters. The van der Waals surface area contributed by atoms with Crippen LogP contribution in [-0.2, 0) is 0 Å². The van der Waals surface area contributed by atoms with Gasteiger partial charge in [-0.25, -0.2) is 0 Å². The first-order valence-electron chi connectivity index (χ1n) is 7.60. The lowest BCUT2D eigenvalue weighted by Gasteiger charge is -2.33. The van der Waals surface area contributed by atoms with Crippen LogP contribution in [-0.4, -0.2) is 40.3 Å². The molecule has 2 aliphatic heterocycles. The summed E-state index contributed by atoms with van der Waals surface area (Å²) in [6.07, 6.45) is 1.56. The molecule has 0 bridgehead atoms. The zero-order valence-electron chi connectivity index (χ0n) is 12.3. The predicted octanol–water partition coefficient (Wildman–Crippen LogP) is 3.51. The van der Waals surface area contributed by atoms with E-state index >= 15 is 0 Å². The van der Waals surface area contributed by atoms with Crippen molar-refractivity contribution < 1.29 is 14.6 Å². The minimum absolute atomic E-state index is 0.262. The maximum Gasteiger partial charge on any atom is 0.161 e. The van der Waals surface area contributed by atoms with Gasteiger partial charge < -0.3 is 14.6 Å². The number of fused-ring (bicyclic) bond motifs is 1. The highest BCUT2D eigenvalue weighted by Crippen LogP contribution is 2.42. The molecule has 1 aromatic rings. The SMILES string of the molecule is CCC1SCCSC1C(O)c1ccc2c(c1)OCCCO2. The lowest BCUT2D eigenvalue weighted by Crippen LogP contribution is -2.31. The largest absolute Gasteiger partial charge is 0.490 e. The summed E-state index contributed by atoms with van der Waals surface area (Å²) in [4.78, 5) is 0. The fourth-order valence-corrected chi connectivity index (χ4v) is 5.92. The third-order valence-corrected chi connectivity index (χ3v) is 7.25. The van der Waals surface area contributed by atoms with Crippen molar-refractivity contribution in [3.8, 4) is 11.5 Å². The molecule has 3 nitrogen and oxygen atoms in total. The molecule has 0 radical (unpaired) electrons. The van der Waals surface area contributed by atoms with Crippen LogP contribution >= 0.6 is 23.5 Å². The van der Waals surface area contributed by atoms with E-state index < -0.39 is 6.10 Å². The number of thioether (sulfide) groups is 2. The van der Waals surface area contributed by atoms with Gasteiger partial charge in [-0.2, -0.15) is 23.5 Å². The molecule has 1 aromatic carbocycles. The average molecular weight is 326 g/mol. The number of hydrogen-bond acceptors (Lipinski definition) is 5. The van der Waals surface area contributed by atoms with Crippen LogP contribution in [0.15, 0.2) is 18.2 Å². The van der Waals surface area contributed by atoms with Crippen LogP contribution in [0.4, 0.5) is 0 Å². The lowest BCUT2D eigenvalue weighted by atomic mass is 10.0. The summed E-state index contributed by atoms with van der Waals surface area (Å²) in [6, 6.07) is 5.86. The number of rotatable bonds is 3. The topological polar surface area (TPSA) is 38.7 Å². The number of aliphatic hydroxyl groups excluding tert-OH is 1. The maximum absolute atomic E-state index is 10.8. The molecule has 5 heteroatoms. The second-order valence-corrected chi connectivity index (χ2v) is 7.99. The first-order chi connectivity index (χ1) is 10.3. The van der Waals surface area contributed by atoms with E-state index in [1.807, 2.05) is 41.7 Å². The molecule has 1 N–H and O–H groups in total. The molecular formula is C16H22O3S2. The second kappa shape index (κ2) is 7.16. The second-order valence-electron chi connectivity index (χ2n) is 5.35. The zero-order valence-corrected chi connectivity index (χ0v) is 13.9. The highest BCUT2D eigenvalue weighted by molar-refractivity contribution is 8.07. The molecule has 116 valence electrons. The quantitative estimate of drug-likeness (QED) is 0.920. The molecule has 3 rings (SSSR count). The summed E-state index contributed by atoms with van der Waals surface area (Å²) in [5.41, 5.74) is 0.942. The Bertz CT molecular complexity index is 481. The third-order valence-electron chi connectivity index (χ3n) is 3.92. The van der Waals surface area contributed by atoms with Crippen LogP contribution < -0.4 is 9.47 Å². The van der Waals surface area contributed by atoms with Crippen LogP contribution in [0.1, 0.15) is 31.4 Å². The Morgan fingerprint density at radius 1 is 1.19 bits per heavy atom. The van der Waals surface area contributed by atoms with E-state index in [1.165, 1.54) is 5.75 Å². The normalized spacial score (nSPS) is 27.0. The van der Waals surface area contributed by atoms with Crippen molar-refractivity contribution in [3.63, 3.8) is 0 Å². The summed E-state index contributed by atoms with van der Waals surface area (Å²) in [5.74, 6) is 3.87. The fraction of sp³-hybridized carbons (Fsp3) is 0.625. The molecular weight excluding hydrogens is 304 g/mol. The van der Waals surface area contributed by atoms with E-state index in [4.69, 9.17) is 9.47 Å². The minimum Gasteiger partial charge on any atom is -0.490 e. The molecule has 1 fully saturated rings. The highest BCUT2D eigenvalue weighted by Gasteiger charge is 2.32. The Labute approximate surface area is 134 Å². The van der Waals surface area contributed by atoms with E-state index in [-0.39, 0.29) is 5.25 Å². The fourth-order valence-electron chi connectivity index (χ4n) is 2.78. The van der Waals surface area contributed by atoms with Gasteiger partial charge in [0.2, 0.25) is 0 Å². The van der Waals surface area contributed by atoms with Crippen LogP contribution in [0.25, 0.3) is 0 Å². The standard InChI is InChI=1S/C16H22O3S2/c1-2-14-16(21-9-8-20-14)15(17)11-4-5-12-13(10-11)19-7-3-6-18-12/h4-5,10,14-17H,2-3,6-9H2,1H3. The van der Waals surface area contributed by atoms with Crippen LogP contribution in [0.5, 0.6) is 11.5 Å². The van der Waals surface area contributed by atoms with Crippen LogP contribution in [0.3, 0.4) is 0 Å². The highest BCUT2D eigenvalue weighted by atomic mass is 32.2. The Morgan fingerprint density at radius 2 is 1.95 bits per heavy atom. The molecule has 0 amide bonds.